The summed E-state index contributed by atoms with van der Waals surface area (Å²) in [5.74, 6) is 0.248. The van der Waals surface area contributed by atoms with Crippen LogP contribution in [0, 0.1) is 10.1 Å². The van der Waals surface area contributed by atoms with Gasteiger partial charge in [-0.3, -0.25) is 29.9 Å². The lowest BCUT2D eigenvalue weighted by Crippen LogP contribution is -2.28. The largest absolute Gasteiger partial charge is 0.493 e. The average molecular weight is 507 g/mol. The number of anilines is 3. The zero-order chi connectivity index (χ0) is 26.9. The van der Waals surface area contributed by atoms with Crippen LogP contribution in [-0.2, 0) is 16.0 Å². The number of carbonyl (C=O) groups excluding carboxylic acids is 3. The summed E-state index contributed by atoms with van der Waals surface area (Å²) in [5.41, 5.74) is 5.08. The van der Waals surface area contributed by atoms with Crippen LogP contribution in [0.3, 0.4) is 0 Å². The monoisotopic (exact) mass is 506 g/mol. The number of hydrogen-bond donors (Lipinski definition) is 2. The molecule has 37 heavy (non-hydrogen) atoms. The van der Waals surface area contributed by atoms with E-state index in [2.05, 4.69) is 10.7 Å². The summed E-state index contributed by atoms with van der Waals surface area (Å²) in [4.78, 5) is 46.7. The topological polar surface area (TPSA) is 140 Å². The van der Waals surface area contributed by atoms with Gasteiger partial charge < -0.3 is 14.8 Å². The molecule has 0 aliphatic heterocycles. The van der Waals surface area contributed by atoms with Crippen LogP contribution < -0.4 is 25.2 Å². The molecule has 0 radical (unpaired) electrons. The van der Waals surface area contributed by atoms with Crippen molar-refractivity contribution in [1.29, 1.82) is 0 Å². The van der Waals surface area contributed by atoms with E-state index in [-0.39, 0.29) is 23.8 Å². The SMILES string of the molecule is COc1cc(NC(=O)CCc2ccc(N(C=O)Nc3cccc([N+](=O)[O-])c3)cc2)c(C(C)=O)cc1OC. The molecule has 2 N–H and O–H groups in total. The van der Waals surface area contributed by atoms with Gasteiger partial charge in [0, 0.05) is 30.2 Å². The second-order valence-corrected chi connectivity index (χ2v) is 7.92. The molecule has 3 aromatic carbocycles. The molecule has 0 aromatic heterocycles. The Morgan fingerprint density at radius 1 is 1.03 bits per heavy atom. The molecule has 0 atom stereocenters. The van der Waals surface area contributed by atoms with E-state index in [4.69, 9.17) is 9.47 Å². The van der Waals surface area contributed by atoms with Crippen molar-refractivity contribution in [3.8, 4) is 11.5 Å². The zero-order valence-electron chi connectivity index (χ0n) is 20.5. The van der Waals surface area contributed by atoms with Gasteiger partial charge in [0.15, 0.2) is 17.3 Å². The van der Waals surface area contributed by atoms with Crippen LogP contribution in [0.4, 0.5) is 22.7 Å². The third-order valence-electron chi connectivity index (χ3n) is 5.44. The van der Waals surface area contributed by atoms with Gasteiger partial charge in [0.1, 0.15) is 0 Å². The first-order valence-electron chi connectivity index (χ1n) is 11.2. The predicted molar refractivity (Wildman–Crippen MR) is 138 cm³/mol. The number of Topliss-reactive ketones (excluding diaryl/α,β-unsaturated/α-hetero) is 1. The van der Waals surface area contributed by atoms with Crippen molar-refractivity contribution >= 4 is 40.9 Å². The van der Waals surface area contributed by atoms with Crippen molar-refractivity contribution in [3.63, 3.8) is 0 Å². The van der Waals surface area contributed by atoms with E-state index >= 15 is 0 Å². The summed E-state index contributed by atoms with van der Waals surface area (Å²) in [6, 6.07) is 15.8. The van der Waals surface area contributed by atoms with Crippen LogP contribution in [0.1, 0.15) is 29.3 Å². The van der Waals surface area contributed by atoms with E-state index in [1.807, 2.05) is 0 Å². The highest BCUT2D eigenvalue weighted by molar-refractivity contribution is 6.04. The highest BCUT2D eigenvalue weighted by Gasteiger charge is 2.16. The van der Waals surface area contributed by atoms with Crippen LogP contribution in [0.25, 0.3) is 0 Å². The molecule has 11 nitrogen and oxygen atoms in total. The third-order valence-corrected chi connectivity index (χ3v) is 5.44. The molecule has 0 bridgehead atoms. The Balaban J connectivity index is 1.64. The number of hydrogen-bond acceptors (Lipinski definition) is 8. The van der Waals surface area contributed by atoms with Crippen LogP contribution in [0.15, 0.2) is 60.7 Å². The molecule has 0 fully saturated rings. The number of benzene rings is 3. The summed E-state index contributed by atoms with van der Waals surface area (Å²) in [6.45, 7) is 1.40. The summed E-state index contributed by atoms with van der Waals surface area (Å²) >= 11 is 0. The number of hydrazine groups is 1. The maximum atomic E-state index is 12.6. The van der Waals surface area contributed by atoms with E-state index in [1.54, 1.807) is 36.4 Å². The number of methoxy groups -OCH3 is 2. The number of ketones is 1. The fraction of sp³-hybridized carbons (Fsp3) is 0.192. The lowest BCUT2D eigenvalue weighted by Gasteiger charge is -2.20. The number of nitrogens with one attached hydrogen (secondary N) is 2. The highest BCUT2D eigenvalue weighted by Crippen LogP contribution is 2.33. The van der Waals surface area contributed by atoms with Gasteiger partial charge in [0.25, 0.3) is 5.69 Å². The minimum Gasteiger partial charge on any atom is -0.493 e. The minimum absolute atomic E-state index is 0.104. The molecule has 11 heteroatoms. The number of nitro benzene ring substituents is 1. The third kappa shape index (κ3) is 6.82. The second-order valence-electron chi connectivity index (χ2n) is 7.92. The van der Waals surface area contributed by atoms with E-state index in [1.165, 1.54) is 50.4 Å². The van der Waals surface area contributed by atoms with Crippen molar-refractivity contribution in [2.24, 2.45) is 0 Å². The van der Waals surface area contributed by atoms with E-state index in [9.17, 15) is 24.5 Å². The van der Waals surface area contributed by atoms with Gasteiger partial charge in [-0.15, -0.1) is 0 Å². The van der Waals surface area contributed by atoms with Crippen LogP contribution in [-0.4, -0.2) is 37.2 Å². The molecular weight excluding hydrogens is 480 g/mol. The number of rotatable bonds is 12. The quantitative estimate of drug-likeness (QED) is 0.160. The van der Waals surface area contributed by atoms with Crippen molar-refractivity contribution in [2.45, 2.75) is 19.8 Å². The van der Waals surface area contributed by atoms with Crippen molar-refractivity contribution in [3.05, 3.63) is 81.9 Å². The second kappa shape index (κ2) is 12.2. The van der Waals surface area contributed by atoms with Crippen LogP contribution >= 0.6 is 0 Å². The summed E-state index contributed by atoms with van der Waals surface area (Å²) < 4.78 is 10.5. The Hall–Kier alpha value is -4.93. The predicted octanol–water partition coefficient (Wildman–Crippen LogP) is 4.38. The van der Waals surface area contributed by atoms with Gasteiger partial charge in [-0.1, -0.05) is 18.2 Å². The van der Waals surface area contributed by atoms with Gasteiger partial charge in [-0.25, -0.2) is 5.01 Å². The number of ether oxygens (including phenoxy) is 2. The van der Waals surface area contributed by atoms with Crippen LogP contribution in [0.2, 0.25) is 0 Å². The lowest BCUT2D eigenvalue weighted by molar-refractivity contribution is -0.384. The Labute approximate surface area is 213 Å². The molecule has 192 valence electrons. The molecule has 3 aromatic rings. The van der Waals surface area contributed by atoms with E-state index in [0.717, 1.165) is 5.56 Å². The minimum atomic E-state index is -0.520. The van der Waals surface area contributed by atoms with Gasteiger partial charge in [-0.2, -0.15) is 0 Å². The fourth-order valence-electron chi connectivity index (χ4n) is 3.55. The maximum Gasteiger partial charge on any atom is 0.271 e. The molecule has 0 aliphatic rings. The maximum absolute atomic E-state index is 12.6. The molecule has 3 rings (SSSR count). The molecule has 0 heterocycles. The molecule has 2 amide bonds. The summed E-state index contributed by atoms with van der Waals surface area (Å²) in [6.07, 6.45) is 1.11. The van der Waals surface area contributed by atoms with Gasteiger partial charge in [-0.05, 0) is 43.2 Å². The molecule has 0 saturated carbocycles. The number of aryl methyl sites for hydroxylation is 1. The van der Waals surface area contributed by atoms with Crippen molar-refractivity contribution in [1.82, 2.24) is 0 Å². The number of carbonyl (C=O) groups is 3. The first-order chi connectivity index (χ1) is 17.7. The fourth-order valence-corrected chi connectivity index (χ4v) is 3.55. The summed E-state index contributed by atoms with van der Waals surface area (Å²) in [7, 11) is 2.93. The molecule has 0 aliphatic carbocycles. The normalized spacial score (nSPS) is 10.2. The smallest absolute Gasteiger partial charge is 0.271 e. The number of amides is 2. The van der Waals surface area contributed by atoms with Crippen molar-refractivity contribution in [2.75, 3.05) is 30.0 Å². The van der Waals surface area contributed by atoms with E-state index in [0.29, 0.717) is 47.0 Å². The first-order valence-corrected chi connectivity index (χ1v) is 11.2. The summed E-state index contributed by atoms with van der Waals surface area (Å²) in [5, 5.41) is 14.9. The molecule has 0 spiro atoms. The number of non-ortho nitro benzene ring substituents is 1. The molecule has 0 unspecified atom stereocenters. The standard InChI is InChI=1S/C26H26N4O7/c1-17(32)22-14-24(36-2)25(37-3)15-23(22)27-26(33)12-9-18-7-10-20(11-8-18)29(16-31)28-19-5-4-6-21(13-19)30(34)35/h4-8,10-11,13-16,28H,9,12H2,1-3H3,(H,27,33). The zero-order valence-corrected chi connectivity index (χ0v) is 20.5. The van der Waals surface area contributed by atoms with E-state index < -0.39 is 4.92 Å². The molecule has 0 saturated heterocycles. The Kier molecular flexibility index (Phi) is 8.76. The van der Waals surface area contributed by atoms with Gasteiger partial charge in [0.05, 0.1) is 36.2 Å². The van der Waals surface area contributed by atoms with Gasteiger partial charge >= 0.3 is 0 Å². The van der Waals surface area contributed by atoms with Crippen molar-refractivity contribution < 1.29 is 28.8 Å². The first kappa shape index (κ1) is 26.7. The lowest BCUT2D eigenvalue weighted by atomic mass is 10.1. The highest BCUT2D eigenvalue weighted by atomic mass is 16.6. The Morgan fingerprint density at radius 3 is 2.30 bits per heavy atom. The van der Waals surface area contributed by atoms with Gasteiger partial charge in [0.2, 0.25) is 12.3 Å². The molecular formula is C26H26N4O7. The number of nitrogens with zero attached hydrogens (tertiary/aromatic N) is 2. The van der Waals surface area contributed by atoms with Crippen LogP contribution in [0.5, 0.6) is 11.5 Å². The Bertz CT molecular complexity index is 1310. The number of nitro groups is 1. The average Bonchev–Trinajstić information content (AvgIpc) is 2.90. The Morgan fingerprint density at radius 2 is 1.70 bits per heavy atom.